The molecule has 0 aromatic heterocycles. The predicted molar refractivity (Wildman–Crippen MR) is 42.8 cm³/mol. The summed E-state index contributed by atoms with van der Waals surface area (Å²) < 4.78 is 0. The second-order valence-electron chi connectivity index (χ2n) is 3.19. The predicted octanol–water partition coefficient (Wildman–Crippen LogP) is 2.11. The molecular weight excluding hydrogens is 124 g/mol. The third-order valence-corrected chi connectivity index (χ3v) is 2.32. The summed E-state index contributed by atoms with van der Waals surface area (Å²) in [6.45, 7) is 3.55. The molecule has 1 aliphatic rings. The summed E-state index contributed by atoms with van der Waals surface area (Å²) in [6, 6.07) is 0. The van der Waals surface area contributed by atoms with Crippen molar-refractivity contribution >= 4 is 0 Å². The fourth-order valence-corrected chi connectivity index (χ4v) is 1.68. The van der Waals surface area contributed by atoms with Gasteiger partial charge in [-0.25, -0.2) is 0 Å². The smallest absolute Gasteiger partial charge is 0.0720 e. The molecule has 1 unspecified atom stereocenters. The van der Waals surface area contributed by atoms with Gasteiger partial charge in [0.15, 0.2) is 0 Å². The highest BCUT2D eigenvalue weighted by Crippen LogP contribution is 2.28. The monoisotopic (exact) mass is 140 g/mol. The molecule has 0 aromatic rings. The second-order valence-corrected chi connectivity index (χ2v) is 3.19. The Labute approximate surface area is 62.8 Å². The van der Waals surface area contributed by atoms with Gasteiger partial charge in [0, 0.05) is 0 Å². The van der Waals surface area contributed by atoms with Crippen LogP contribution in [0.1, 0.15) is 32.1 Å². The summed E-state index contributed by atoms with van der Waals surface area (Å²) in [7, 11) is 0. The third kappa shape index (κ3) is 2.14. The van der Waals surface area contributed by atoms with Crippen LogP contribution in [0, 0.1) is 5.92 Å². The SMILES string of the molecule is C=CC(O)CC1CCCC1. The molecule has 0 radical (unpaired) electrons. The molecule has 1 N–H and O–H groups in total. The van der Waals surface area contributed by atoms with Crippen molar-refractivity contribution in [1.82, 2.24) is 0 Å². The van der Waals surface area contributed by atoms with Crippen LogP contribution in [0.25, 0.3) is 0 Å². The Morgan fingerprint density at radius 3 is 2.60 bits per heavy atom. The van der Waals surface area contributed by atoms with Gasteiger partial charge in [-0.3, -0.25) is 0 Å². The largest absolute Gasteiger partial charge is 0.389 e. The molecular formula is C9H16O. The van der Waals surface area contributed by atoms with E-state index in [1.165, 1.54) is 25.7 Å². The van der Waals surface area contributed by atoms with Crippen molar-refractivity contribution in [2.45, 2.75) is 38.2 Å². The average Bonchev–Trinajstić information content (AvgIpc) is 2.40. The molecule has 0 amide bonds. The lowest BCUT2D eigenvalue weighted by molar-refractivity contribution is 0.188. The van der Waals surface area contributed by atoms with E-state index in [-0.39, 0.29) is 6.10 Å². The van der Waals surface area contributed by atoms with Crippen LogP contribution in [0.3, 0.4) is 0 Å². The van der Waals surface area contributed by atoms with Gasteiger partial charge in [0.25, 0.3) is 0 Å². The second kappa shape index (κ2) is 3.77. The fourth-order valence-electron chi connectivity index (χ4n) is 1.68. The first-order chi connectivity index (χ1) is 4.83. The molecule has 0 saturated heterocycles. The molecule has 1 saturated carbocycles. The van der Waals surface area contributed by atoms with Crippen molar-refractivity contribution in [1.29, 1.82) is 0 Å². The highest BCUT2D eigenvalue weighted by molar-refractivity contribution is 4.81. The Morgan fingerprint density at radius 2 is 2.10 bits per heavy atom. The van der Waals surface area contributed by atoms with Gasteiger partial charge in [-0.1, -0.05) is 31.8 Å². The topological polar surface area (TPSA) is 20.2 Å². The molecule has 1 atom stereocenters. The molecule has 1 rings (SSSR count). The molecule has 0 aromatic carbocycles. The fraction of sp³-hybridized carbons (Fsp3) is 0.778. The van der Waals surface area contributed by atoms with Gasteiger partial charge in [0.1, 0.15) is 0 Å². The van der Waals surface area contributed by atoms with Gasteiger partial charge in [-0.2, -0.15) is 0 Å². The van der Waals surface area contributed by atoms with Crippen molar-refractivity contribution in [3.63, 3.8) is 0 Å². The zero-order chi connectivity index (χ0) is 7.40. The third-order valence-electron chi connectivity index (χ3n) is 2.32. The number of hydrogen-bond donors (Lipinski definition) is 1. The van der Waals surface area contributed by atoms with Crippen molar-refractivity contribution in [3.8, 4) is 0 Å². The highest BCUT2D eigenvalue weighted by atomic mass is 16.3. The first-order valence-corrected chi connectivity index (χ1v) is 4.13. The van der Waals surface area contributed by atoms with E-state index in [0.717, 1.165) is 12.3 Å². The van der Waals surface area contributed by atoms with Crippen molar-refractivity contribution < 1.29 is 5.11 Å². The van der Waals surface area contributed by atoms with Crippen molar-refractivity contribution in [3.05, 3.63) is 12.7 Å². The molecule has 1 fully saturated rings. The van der Waals surface area contributed by atoms with Crippen LogP contribution in [0.2, 0.25) is 0 Å². The summed E-state index contributed by atoms with van der Waals surface area (Å²) in [6.07, 6.45) is 7.64. The lowest BCUT2D eigenvalue weighted by Gasteiger charge is -2.10. The van der Waals surface area contributed by atoms with Crippen LogP contribution >= 0.6 is 0 Å². The lowest BCUT2D eigenvalue weighted by Crippen LogP contribution is -2.07. The number of rotatable bonds is 3. The summed E-state index contributed by atoms with van der Waals surface area (Å²) in [5, 5.41) is 9.20. The van der Waals surface area contributed by atoms with Crippen LogP contribution in [-0.2, 0) is 0 Å². The van der Waals surface area contributed by atoms with Gasteiger partial charge in [-0.05, 0) is 12.3 Å². The molecule has 1 aliphatic carbocycles. The van der Waals surface area contributed by atoms with Crippen LogP contribution < -0.4 is 0 Å². The number of aliphatic hydroxyl groups excluding tert-OH is 1. The quantitative estimate of drug-likeness (QED) is 0.595. The molecule has 1 heteroatoms. The van der Waals surface area contributed by atoms with Gasteiger partial charge in [0.05, 0.1) is 6.10 Å². The Balaban J connectivity index is 2.17. The van der Waals surface area contributed by atoms with Crippen LogP contribution in [0.5, 0.6) is 0 Å². The summed E-state index contributed by atoms with van der Waals surface area (Å²) >= 11 is 0. The Morgan fingerprint density at radius 1 is 1.50 bits per heavy atom. The molecule has 10 heavy (non-hydrogen) atoms. The maximum absolute atomic E-state index is 9.20. The first-order valence-electron chi connectivity index (χ1n) is 4.13. The number of aliphatic hydroxyl groups is 1. The Kier molecular flexibility index (Phi) is 2.94. The van der Waals surface area contributed by atoms with E-state index >= 15 is 0 Å². The summed E-state index contributed by atoms with van der Waals surface area (Å²) in [4.78, 5) is 0. The van der Waals surface area contributed by atoms with E-state index in [9.17, 15) is 5.11 Å². The molecule has 1 nitrogen and oxygen atoms in total. The van der Waals surface area contributed by atoms with Gasteiger partial charge < -0.3 is 5.11 Å². The molecule has 0 spiro atoms. The first kappa shape index (κ1) is 7.80. The Hall–Kier alpha value is -0.300. The number of hydrogen-bond acceptors (Lipinski definition) is 1. The molecule has 0 bridgehead atoms. The normalized spacial score (nSPS) is 22.9. The zero-order valence-corrected chi connectivity index (χ0v) is 6.42. The van der Waals surface area contributed by atoms with Crippen molar-refractivity contribution in [2.24, 2.45) is 5.92 Å². The highest BCUT2D eigenvalue weighted by Gasteiger charge is 2.16. The van der Waals surface area contributed by atoms with E-state index in [4.69, 9.17) is 0 Å². The molecule has 0 aliphatic heterocycles. The van der Waals surface area contributed by atoms with E-state index in [2.05, 4.69) is 6.58 Å². The molecule has 0 heterocycles. The van der Waals surface area contributed by atoms with E-state index in [1.807, 2.05) is 0 Å². The molecule has 58 valence electrons. The maximum Gasteiger partial charge on any atom is 0.0720 e. The summed E-state index contributed by atoms with van der Waals surface area (Å²) in [5.74, 6) is 0.771. The van der Waals surface area contributed by atoms with Gasteiger partial charge in [0.2, 0.25) is 0 Å². The van der Waals surface area contributed by atoms with Crippen LogP contribution in [0.15, 0.2) is 12.7 Å². The van der Waals surface area contributed by atoms with Crippen LogP contribution in [-0.4, -0.2) is 11.2 Å². The average molecular weight is 140 g/mol. The summed E-state index contributed by atoms with van der Waals surface area (Å²) in [5.41, 5.74) is 0. The minimum absolute atomic E-state index is 0.261. The van der Waals surface area contributed by atoms with Crippen molar-refractivity contribution in [2.75, 3.05) is 0 Å². The van der Waals surface area contributed by atoms with E-state index < -0.39 is 0 Å². The Bertz CT molecular complexity index is 103. The standard InChI is InChI=1S/C9H16O/c1-2-9(10)7-8-5-3-4-6-8/h2,8-10H,1,3-7H2. The van der Waals surface area contributed by atoms with Crippen LogP contribution in [0.4, 0.5) is 0 Å². The van der Waals surface area contributed by atoms with E-state index in [1.54, 1.807) is 6.08 Å². The van der Waals surface area contributed by atoms with Gasteiger partial charge >= 0.3 is 0 Å². The minimum Gasteiger partial charge on any atom is -0.389 e. The minimum atomic E-state index is -0.261. The maximum atomic E-state index is 9.20. The zero-order valence-electron chi connectivity index (χ0n) is 6.42. The van der Waals surface area contributed by atoms with Gasteiger partial charge in [-0.15, -0.1) is 6.58 Å². The van der Waals surface area contributed by atoms with E-state index in [0.29, 0.717) is 0 Å². The lowest BCUT2D eigenvalue weighted by atomic mass is 10.0.